The highest BCUT2D eigenvalue weighted by Gasteiger charge is 2.14. The van der Waals surface area contributed by atoms with Crippen molar-refractivity contribution in [2.75, 3.05) is 0 Å². The predicted molar refractivity (Wildman–Crippen MR) is 106 cm³/mol. The Morgan fingerprint density at radius 2 is 2.04 bits per heavy atom. The van der Waals surface area contributed by atoms with Gasteiger partial charge in [-0.25, -0.2) is 4.98 Å². The number of carbonyl (C=O) groups is 1. The quantitative estimate of drug-likeness (QED) is 0.432. The molecule has 0 spiro atoms. The van der Waals surface area contributed by atoms with Gasteiger partial charge in [0.05, 0.1) is 29.6 Å². The van der Waals surface area contributed by atoms with Crippen LogP contribution in [0.3, 0.4) is 0 Å². The molecule has 3 heterocycles. The monoisotopic (exact) mass is 380 g/mol. The second-order valence-corrected chi connectivity index (χ2v) is 7.80. The number of carbonyl (C=O) groups excluding carboxylic acids is 1. The Balaban J connectivity index is 1.52. The van der Waals surface area contributed by atoms with Crippen LogP contribution >= 0.6 is 22.7 Å². The number of fused-ring (bicyclic) bond motifs is 1. The van der Waals surface area contributed by atoms with Crippen molar-refractivity contribution in [3.05, 3.63) is 81.9 Å². The molecule has 0 atom stereocenters. The van der Waals surface area contributed by atoms with Crippen molar-refractivity contribution < 1.29 is 9.21 Å². The third-order valence-corrected chi connectivity index (χ3v) is 5.71. The van der Waals surface area contributed by atoms with E-state index in [0.29, 0.717) is 13.1 Å². The first-order valence-electron chi connectivity index (χ1n) is 8.15. The fourth-order valence-electron chi connectivity index (χ4n) is 2.60. The molecular weight excluding hydrogens is 364 g/mol. The lowest BCUT2D eigenvalue weighted by Gasteiger charge is -2.19. The van der Waals surface area contributed by atoms with Gasteiger partial charge in [-0.15, -0.1) is 22.7 Å². The van der Waals surface area contributed by atoms with Crippen LogP contribution in [0.4, 0.5) is 0 Å². The van der Waals surface area contributed by atoms with Crippen LogP contribution in [0.5, 0.6) is 0 Å². The van der Waals surface area contributed by atoms with Gasteiger partial charge in [-0.1, -0.05) is 18.2 Å². The minimum absolute atomic E-state index is 0.0611. The lowest BCUT2D eigenvalue weighted by atomic mass is 10.3. The van der Waals surface area contributed by atoms with E-state index < -0.39 is 0 Å². The number of furan rings is 1. The van der Waals surface area contributed by atoms with E-state index in [-0.39, 0.29) is 5.91 Å². The third kappa shape index (κ3) is 3.92. The number of thiophene rings is 1. The molecule has 4 nitrogen and oxygen atoms in total. The molecule has 4 rings (SSSR count). The van der Waals surface area contributed by atoms with E-state index in [1.165, 1.54) is 0 Å². The molecular formula is C20H16N2O2S2. The van der Waals surface area contributed by atoms with Crippen LogP contribution in [-0.4, -0.2) is 15.8 Å². The summed E-state index contributed by atoms with van der Waals surface area (Å²) >= 11 is 3.22. The van der Waals surface area contributed by atoms with Gasteiger partial charge < -0.3 is 9.32 Å². The Hall–Kier alpha value is -2.70. The maximum Gasteiger partial charge on any atom is 0.247 e. The Kier molecular flexibility index (Phi) is 4.95. The van der Waals surface area contributed by atoms with Crippen LogP contribution in [0.1, 0.15) is 15.6 Å². The van der Waals surface area contributed by atoms with Crippen LogP contribution < -0.4 is 0 Å². The molecule has 0 saturated carbocycles. The normalized spacial score (nSPS) is 11.4. The Bertz CT molecular complexity index is 948. The number of para-hydroxylation sites is 1. The Morgan fingerprint density at radius 1 is 1.12 bits per heavy atom. The molecule has 0 radical (unpaired) electrons. The molecule has 130 valence electrons. The van der Waals surface area contributed by atoms with Crippen molar-refractivity contribution in [1.82, 2.24) is 9.88 Å². The van der Waals surface area contributed by atoms with Gasteiger partial charge in [0.1, 0.15) is 10.8 Å². The molecule has 0 aliphatic rings. The molecule has 1 amide bonds. The summed E-state index contributed by atoms with van der Waals surface area (Å²) < 4.78 is 6.53. The predicted octanol–water partition coefficient (Wildman–Crippen LogP) is 5.19. The zero-order valence-electron chi connectivity index (χ0n) is 13.9. The third-order valence-electron chi connectivity index (χ3n) is 3.84. The van der Waals surface area contributed by atoms with Gasteiger partial charge in [0, 0.05) is 11.0 Å². The van der Waals surface area contributed by atoms with Crippen LogP contribution in [-0.2, 0) is 17.9 Å². The number of hydrogen-bond donors (Lipinski definition) is 0. The molecule has 0 fully saturated rings. The summed E-state index contributed by atoms with van der Waals surface area (Å²) in [5, 5.41) is 2.84. The molecule has 26 heavy (non-hydrogen) atoms. The van der Waals surface area contributed by atoms with E-state index in [0.717, 1.165) is 25.9 Å². The molecule has 1 aromatic carbocycles. The number of thiazole rings is 1. The molecule has 4 aromatic rings. The molecule has 0 aliphatic heterocycles. The zero-order valence-corrected chi connectivity index (χ0v) is 15.5. The van der Waals surface area contributed by atoms with E-state index in [1.807, 2.05) is 53.9 Å². The highest BCUT2D eigenvalue weighted by Crippen LogP contribution is 2.22. The van der Waals surface area contributed by atoms with Crippen molar-refractivity contribution in [1.29, 1.82) is 0 Å². The molecule has 0 bridgehead atoms. The van der Waals surface area contributed by atoms with E-state index in [9.17, 15) is 4.79 Å². The van der Waals surface area contributed by atoms with Gasteiger partial charge in [0.25, 0.3) is 0 Å². The van der Waals surface area contributed by atoms with E-state index >= 15 is 0 Å². The van der Waals surface area contributed by atoms with Crippen molar-refractivity contribution >= 4 is 44.9 Å². The summed E-state index contributed by atoms with van der Waals surface area (Å²) in [5.74, 6) is 0.706. The second kappa shape index (κ2) is 7.68. The van der Waals surface area contributed by atoms with Crippen molar-refractivity contribution in [3.8, 4) is 0 Å². The van der Waals surface area contributed by atoms with Crippen molar-refractivity contribution in [3.63, 3.8) is 0 Å². The molecule has 3 aromatic heterocycles. The van der Waals surface area contributed by atoms with Gasteiger partial charge in [-0.05, 0) is 41.8 Å². The van der Waals surface area contributed by atoms with Gasteiger partial charge in [0.2, 0.25) is 5.91 Å². The van der Waals surface area contributed by atoms with Crippen LogP contribution in [0.15, 0.2) is 70.7 Å². The van der Waals surface area contributed by atoms with Crippen LogP contribution in [0.25, 0.3) is 16.3 Å². The van der Waals surface area contributed by atoms with Crippen molar-refractivity contribution in [2.24, 2.45) is 0 Å². The number of rotatable bonds is 6. The Morgan fingerprint density at radius 3 is 2.81 bits per heavy atom. The number of aromatic nitrogens is 1. The van der Waals surface area contributed by atoms with Gasteiger partial charge in [-0.3, -0.25) is 4.79 Å². The lowest BCUT2D eigenvalue weighted by Crippen LogP contribution is -2.27. The fourth-order valence-corrected chi connectivity index (χ4v) is 4.19. The SMILES string of the molecule is O=C(C=Cc1nc2ccccc2s1)N(Cc1ccco1)Cc1cccs1. The largest absolute Gasteiger partial charge is 0.467 e. The molecule has 0 unspecified atom stereocenters. The average Bonchev–Trinajstić information content (AvgIpc) is 3.40. The summed E-state index contributed by atoms with van der Waals surface area (Å²) in [7, 11) is 0. The summed E-state index contributed by atoms with van der Waals surface area (Å²) in [6.07, 6.45) is 5.00. The molecule has 0 saturated heterocycles. The first-order chi connectivity index (χ1) is 12.8. The summed E-state index contributed by atoms with van der Waals surface area (Å²) in [5.41, 5.74) is 0.954. The molecule has 0 aliphatic carbocycles. The minimum atomic E-state index is -0.0611. The number of nitrogens with zero attached hydrogens (tertiary/aromatic N) is 2. The smallest absolute Gasteiger partial charge is 0.247 e. The maximum atomic E-state index is 12.8. The van der Waals surface area contributed by atoms with E-state index in [2.05, 4.69) is 4.98 Å². The number of amides is 1. The van der Waals surface area contributed by atoms with Crippen molar-refractivity contribution in [2.45, 2.75) is 13.1 Å². The molecule has 6 heteroatoms. The highest BCUT2D eigenvalue weighted by molar-refractivity contribution is 7.19. The first kappa shape index (κ1) is 16.8. The van der Waals surface area contributed by atoms with Gasteiger partial charge >= 0.3 is 0 Å². The lowest BCUT2D eigenvalue weighted by molar-refractivity contribution is -0.127. The van der Waals surface area contributed by atoms with E-state index in [4.69, 9.17) is 4.42 Å². The number of hydrogen-bond acceptors (Lipinski definition) is 5. The Labute approximate surface area is 159 Å². The summed E-state index contributed by atoms with van der Waals surface area (Å²) in [4.78, 5) is 20.2. The second-order valence-electron chi connectivity index (χ2n) is 5.71. The minimum Gasteiger partial charge on any atom is -0.467 e. The zero-order chi connectivity index (χ0) is 17.8. The standard InChI is InChI=1S/C20H16N2O2S2/c23-20(10-9-19-21-17-7-1-2-8-18(17)26-19)22(13-15-5-3-11-24-15)14-16-6-4-12-25-16/h1-12H,13-14H2. The maximum absolute atomic E-state index is 12.8. The fraction of sp³-hybridized carbons (Fsp3) is 0.100. The summed E-state index contributed by atoms with van der Waals surface area (Å²) in [6, 6.07) is 15.7. The topological polar surface area (TPSA) is 46.3 Å². The summed E-state index contributed by atoms with van der Waals surface area (Å²) in [6.45, 7) is 0.995. The van der Waals surface area contributed by atoms with Gasteiger partial charge in [-0.2, -0.15) is 0 Å². The average molecular weight is 380 g/mol. The van der Waals surface area contributed by atoms with Gasteiger partial charge in [0.15, 0.2) is 0 Å². The highest BCUT2D eigenvalue weighted by atomic mass is 32.1. The number of benzene rings is 1. The van der Waals surface area contributed by atoms with E-state index in [1.54, 1.807) is 46.0 Å². The first-order valence-corrected chi connectivity index (χ1v) is 9.85. The molecule has 0 N–H and O–H groups in total. The van der Waals surface area contributed by atoms with Crippen LogP contribution in [0.2, 0.25) is 0 Å². The van der Waals surface area contributed by atoms with Crippen LogP contribution in [0, 0.1) is 0 Å².